The van der Waals surface area contributed by atoms with Crippen molar-refractivity contribution >= 4 is 23.4 Å². The van der Waals surface area contributed by atoms with Crippen LogP contribution in [-0.4, -0.2) is 18.6 Å². The number of urea groups is 1. The topological polar surface area (TPSA) is 91.2 Å². The maximum Gasteiger partial charge on any atom is 0.338 e. The number of hydrogen-bond donors (Lipinski definition) is 2. The highest BCUT2D eigenvalue weighted by Crippen LogP contribution is 2.13. The standard InChI is InChI=1S/C17H15N3O3/c1-2-23-16(21)13-6-8-14(9-7-13)19-17(22)20-15-5-3-4-12(10-15)11-18/h3-10H,2H2,1H3,(H2,19,20,22). The fraction of sp³-hybridized carbons (Fsp3) is 0.118. The monoisotopic (exact) mass is 309 g/mol. The Morgan fingerprint density at radius 1 is 1.09 bits per heavy atom. The average Bonchev–Trinajstić information content (AvgIpc) is 2.55. The molecule has 0 fully saturated rings. The first kappa shape index (κ1) is 16.0. The van der Waals surface area contributed by atoms with Crippen LogP contribution in [0, 0.1) is 11.3 Å². The number of anilines is 2. The molecule has 0 aliphatic carbocycles. The summed E-state index contributed by atoms with van der Waals surface area (Å²) in [6.07, 6.45) is 0. The first-order chi connectivity index (χ1) is 11.1. The molecule has 2 amide bonds. The van der Waals surface area contributed by atoms with Gasteiger partial charge in [-0.15, -0.1) is 0 Å². The summed E-state index contributed by atoms with van der Waals surface area (Å²) < 4.78 is 4.88. The number of nitriles is 1. The number of rotatable bonds is 4. The lowest BCUT2D eigenvalue weighted by Gasteiger charge is -2.08. The van der Waals surface area contributed by atoms with Crippen LogP contribution in [-0.2, 0) is 4.74 Å². The third-order valence-electron chi connectivity index (χ3n) is 2.90. The molecular weight excluding hydrogens is 294 g/mol. The van der Waals surface area contributed by atoms with Crippen LogP contribution in [0.3, 0.4) is 0 Å². The van der Waals surface area contributed by atoms with E-state index in [1.54, 1.807) is 55.5 Å². The first-order valence-corrected chi connectivity index (χ1v) is 6.97. The number of amides is 2. The minimum Gasteiger partial charge on any atom is -0.462 e. The van der Waals surface area contributed by atoms with Gasteiger partial charge in [0.15, 0.2) is 0 Å². The van der Waals surface area contributed by atoms with E-state index in [1.807, 2.05) is 6.07 Å². The molecule has 2 rings (SSSR count). The van der Waals surface area contributed by atoms with Gasteiger partial charge in [0.2, 0.25) is 0 Å². The molecule has 0 radical (unpaired) electrons. The van der Waals surface area contributed by atoms with E-state index >= 15 is 0 Å². The van der Waals surface area contributed by atoms with Gasteiger partial charge in [0.25, 0.3) is 0 Å². The lowest BCUT2D eigenvalue weighted by molar-refractivity contribution is 0.0526. The molecule has 0 unspecified atom stereocenters. The molecule has 0 aromatic heterocycles. The lowest BCUT2D eigenvalue weighted by Crippen LogP contribution is -2.19. The Morgan fingerprint density at radius 3 is 2.43 bits per heavy atom. The zero-order valence-corrected chi connectivity index (χ0v) is 12.5. The summed E-state index contributed by atoms with van der Waals surface area (Å²) in [6, 6.07) is 14.5. The summed E-state index contributed by atoms with van der Waals surface area (Å²) in [4.78, 5) is 23.4. The van der Waals surface area contributed by atoms with E-state index in [9.17, 15) is 9.59 Å². The maximum absolute atomic E-state index is 11.9. The second kappa shape index (κ2) is 7.61. The fourth-order valence-corrected chi connectivity index (χ4v) is 1.86. The molecule has 2 aromatic rings. The quantitative estimate of drug-likeness (QED) is 0.847. The molecule has 0 aliphatic heterocycles. The molecule has 23 heavy (non-hydrogen) atoms. The molecule has 6 heteroatoms. The Bertz CT molecular complexity index is 748. The predicted molar refractivity (Wildman–Crippen MR) is 86.2 cm³/mol. The number of nitrogens with zero attached hydrogens (tertiary/aromatic N) is 1. The van der Waals surface area contributed by atoms with Crippen molar-refractivity contribution in [2.24, 2.45) is 0 Å². The molecule has 2 N–H and O–H groups in total. The second-order valence-corrected chi connectivity index (χ2v) is 4.57. The Morgan fingerprint density at radius 2 is 1.78 bits per heavy atom. The lowest BCUT2D eigenvalue weighted by atomic mass is 10.2. The van der Waals surface area contributed by atoms with Gasteiger partial charge in [-0.25, -0.2) is 9.59 Å². The summed E-state index contributed by atoms with van der Waals surface area (Å²) in [5, 5.41) is 14.1. The normalized spacial score (nSPS) is 9.57. The van der Waals surface area contributed by atoms with E-state index in [0.717, 1.165) is 0 Å². The van der Waals surface area contributed by atoms with Gasteiger partial charge in [0, 0.05) is 11.4 Å². The van der Waals surface area contributed by atoms with Crippen LogP contribution in [0.25, 0.3) is 0 Å². The SMILES string of the molecule is CCOC(=O)c1ccc(NC(=O)Nc2cccc(C#N)c2)cc1. The molecule has 2 aromatic carbocycles. The van der Waals surface area contributed by atoms with Crippen molar-refractivity contribution in [3.63, 3.8) is 0 Å². The highest BCUT2D eigenvalue weighted by molar-refractivity contribution is 6.00. The molecular formula is C17H15N3O3. The predicted octanol–water partition coefficient (Wildman–Crippen LogP) is 3.38. The summed E-state index contributed by atoms with van der Waals surface area (Å²) in [6.45, 7) is 2.04. The molecule has 0 atom stereocenters. The minimum atomic E-state index is -0.441. The Balaban J connectivity index is 1.97. The zero-order chi connectivity index (χ0) is 16.7. The van der Waals surface area contributed by atoms with Gasteiger partial charge in [-0.05, 0) is 49.4 Å². The van der Waals surface area contributed by atoms with Crippen molar-refractivity contribution in [1.29, 1.82) is 5.26 Å². The van der Waals surface area contributed by atoms with Gasteiger partial charge >= 0.3 is 12.0 Å². The van der Waals surface area contributed by atoms with E-state index in [-0.39, 0.29) is 0 Å². The van der Waals surface area contributed by atoms with Gasteiger partial charge in [0.05, 0.1) is 23.8 Å². The summed E-state index contributed by atoms with van der Waals surface area (Å²) in [5.41, 5.74) is 1.93. The summed E-state index contributed by atoms with van der Waals surface area (Å²) in [7, 11) is 0. The molecule has 0 heterocycles. The van der Waals surface area contributed by atoms with Crippen molar-refractivity contribution in [2.75, 3.05) is 17.2 Å². The zero-order valence-electron chi connectivity index (χ0n) is 12.5. The van der Waals surface area contributed by atoms with E-state index in [0.29, 0.717) is 29.1 Å². The van der Waals surface area contributed by atoms with E-state index < -0.39 is 12.0 Å². The fourth-order valence-electron chi connectivity index (χ4n) is 1.86. The number of hydrogen-bond acceptors (Lipinski definition) is 4. The van der Waals surface area contributed by atoms with Gasteiger partial charge in [-0.2, -0.15) is 5.26 Å². The smallest absolute Gasteiger partial charge is 0.338 e. The molecule has 6 nitrogen and oxygen atoms in total. The van der Waals surface area contributed by atoms with E-state index in [4.69, 9.17) is 10.00 Å². The molecule has 0 aliphatic rings. The van der Waals surface area contributed by atoms with Crippen LogP contribution in [0.5, 0.6) is 0 Å². The van der Waals surface area contributed by atoms with Gasteiger partial charge in [-0.1, -0.05) is 6.07 Å². The number of ether oxygens (including phenoxy) is 1. The highest BCUT2D eigenvalue weighted by atomic mass is 16.5. The third-order valence-corrected chi connectivity index (χ3v) is 2.90. The first-order valence-electron chi connectivity index (χ1n) is 6.97. The van der Waals surface area contributed by atoms with Gasteiger partial charge in [0.1, 0.15) is 0 Å². The van der Waals surface area contributed by atoms with Crippen molar-refractivity contribution in [1.82, 2.24) is 0 Å². The molecule has 0 saturated heterocycles. The largest absolute Gasteiger partial charge is 0.462 e. The summed E-state index contributed by atoms with van der Waals surface area (Å²) >= 11 is 0. The van der Waals surface area contributed by atoms with Crippen molar-refractivity contribution in [3.05, 3.63) is 59.7 Å². The number of esters is 1. The van der Waals surface area contributed by atoms with Crippen molar-refractivity contribution in [3.8, 4) is 6.07 Å². The minimum absolute atomic E-state index is 0.309. The molecule has 0 spiro atoms. The Hall–Kier alpha value is -3.33. The highest BCUT2D eigenvalue weighted by Gasteiger charge is 2.07. The average molecular weight is 309 g/mol. The van der Waals surface area contributed by atoms with Crippen LogP contribution >= 0.6 is 0 Å². The molecule has 0 saturated carbocycles. The van der Waals surface area contributed by atoms with Crippen LogP contribution in [0.2, 0.25) is 0 Å². The molecule has 116 valence electrons. The molecule has 0 bridgehead atoms. The maximum atomic E-state index is 11.9. The second-order valence-electron chi connectivity index (χ2n) is 4.57. The van der Waals surface area contributed by atoms with Crippen molar-refractivity contribution in [2.45, 2.75) is 6.92 Å². The van der Waals surface area contributed by atoms with Crippen LogP contribution in [0.4, 0.5) is 16.2 Å². The number of nitrogens with one attached hydrogen (secondary N) is 2. The van der Waals surface area contributed by atoms with Crippen molar-refractivity contribution < 1.29 is 14.3 Å². The van der Waals surface area contributed by atoms with Gasteiger partial charge < -0.3 is 15.4 Å². The van der Waals surface area contributed by atoms with Gasteiger partial charge in [-0.3, -0.25) is 0 Å². The van der Waals surface area contributed by atoms with Crippen LogP contribution in [0.1, 0.15) is 22.8 Å². The van der Waals surface area contributed by atoms with Crippen LogP contribution in [0.15, 0.2) is 48.5 Å². The Labute approximate surface area is 133 Å². The van der Waals surface area contributed by atoms with E-state index in [1.165, 1.54) is 0 Å². The van der Waals surface area contributed by atoms with Crippen LogP contribution < -0.4 is 10.6 Å². The third kappa shape index (κ3) is 4.58. The van der Waals surface area contributed by atoms with E-state index in [2.05, 4.69) is 10.6 Å². The Kier molecular flexibility index (Phi) is 5.31. The number of carbonyl (C=O) groups excluding carboxylic acids is 2. The number of carbonyl (C=O) groups is 2. The summed E-state index contributed by atoms with van der Waals surface area (Å²) in [5.74, 6) is -0.406. The number of benzene rings is 2.